The molecule has 2 aromatic heterocycles. The van der Waals surface area contributed by atoms with Crippen molar-refractivity contribution in [2.75, 3.05) is 12.8 Å². The number of hydrogen-bond acceptors (Lipinski definition) is 4. The highest BCUT2D eigenvalue weighted by Crippen LogP contribution is 2.38. The molecule has 8 heteroatoms. The first kappa shape index (κ1) is 16.4. The van der Waals surface area contributed by atoms with E-state index in [-0.39, 0.29) is 0 Å². The number of aromatic nitrogens is 3. The van der Waals surface area contributed by atoms with Crippen LogP contribution < -0.4 is 0 Å². The Morgan fingerprint density at radius 2 is 2.16 bits per heavy atom. The largest absolute Gasteiger partial charge is 0.465 e. The van der Waals surface area contributed by atoms with Gasteiger partial charge in [0.1, 0.15) is 6.04 Å². The molecule has 0 radical (unpaired) electrons. The summed E-state index contributed by atoms with van der Waals surface area (Å²) < 4.78 is 1.01. The second-order valence-electron chi connectivity index (χ2n) is 5.84. The van der Waals surface area contributed by atoms with Crippen molar-refractivity contribution >= 4 is 44.7 Å². The summed E-state index contributed by atoms with van der Waals surface area (Å²) in [4.78, 5) is 25.3. The highest BCUT2D eigenvalue weighted by Gasteiger charge is 2.35. The van der Waals surface area contributed by atoms with Gasteiger partial charge in [0.05, 0.1) is 0 Å². The summed E-state index contributed by atoms with van der Waals surface area (Å²) in [7, 11) is 0. The fourth-order valence-corrected chi connectivity index (χ4v) is 4.06. The highest BCUT2D eigenvalue weighted by atomic mass is 79.9. The molecule has 25 heavy (non-hydrogen) atoms. The Bertz CT molecular complexity index is 957. The van der Waals surface area contributed by atoms with Gasteiger partial charge >= 0.3 is 6.09 Å². The third-order valence-electron chi connectivity index (χ3n) is 4.48. The molecule has 1 amide bonds. The van der Waals surface area contributed by atoms with Crippen LogP contribution in [-0.4, -0.2) is 43.9 Å². The van der Waals surface area contributed by atoms with Crippen molar-refractivity contribution in [1.29, 1.82) is 0 Å². The number of H-pyrrole nitrogens is 1. The summed E-state index contributed by atoms with van der Waals surface area (Å²) in [5.41, 5.74) is 3.84. The van der Waals surface area contributed by atoms with Crippen LogP contribution in [0.1, 0.15) is 22.9 Å². The van der Waals surface area contributed by atoms with Crippen molar-refractivity contribution in [3.63, 3.8) is 0 Å². The van der Waals surface area contributed by atoms with Gasteiger partial charge in [0.2, 0.25) is 0 Å². The zero-order chi connectivity index (χ0) is 17.6. The first-order chi connectivity index (χ1) is 12.1. The number of benzene rings is 1. The first-order valence-electron chi connectivity index (χ1n) is 7.74. The van der Waals surface area contributed by atoms with E-state index in [1.165, 1.54) is 16.7 Å². The fourth-order valence-electron chi connectivity index (χ4n) is 3.39. The van der Waals surface area contributed by atoms with Gasteiger partial charge in [0.25, 0.3) is 0 Å². The maximum absolute atomic E-state index is 11.8. The van der Waals surface area contributed by atoms with Crippen molar-refractivity contribution in [2.24, 2.45) is 0 Å². The molecule has 0 saturated heterocycles. The van der Waals surface area contributed by atoms with Crippen molar-refractivity contribution < 1.29 is 9.90 Å². The lowest BCUT2D eigenvalue weighted by Crippen LogP contribution is -2.39. The number of hydrogen-bond donors (Lipinski definition) is 2. The van der Waals surface area contributed by atoms with Crippen LogP contribution in [0.3, 0.4) is 0 Å². The van der Waals surface area contributed by atoms with Gasteiger partial charge in [-0.15, -0.1) is 0 Å². The molecule has 3 heterocycles. The average molecular weight is 419 g/mol. The molecule has 0 bridgehead atoms. The number of fused-ring (bicyclic) bond motifs is 3. The fraction of sp³-hybridized carbons (Fsp3) is 0.235. The molecule has 4 rings (SSSR count). The Labute approximate surface area is 156 Å². The molecule has 1 aliphatic rings. The standard InChI is InChI=1S/C17H15BrN4O2S/c1-25-16-19-7-9(8-20-16)15-14-11(4-5-22(15)17(23)24)12-6-10(18)2-3-13(12)21-14/h2-3,6-8,15,21H,4-5H2,1H3,(H,23,24). The minimum Gasteiger partial charge on any atom is -0.465 e. The van der Waals surface area contributed by atoms with Gasteiger partial charge in [-0.05, 0) is 36.4 Å². The minimum absolute atomic E-state index is 0.427. The second kappa shape index (κ2) is 6.34. The van der Waals surface area contributed by atoms with E-state index < -0.39 is 12.1 Å². The SMILES string of the molecule is CSc1ncc(C2c3[nH]c4ccc(Br)cc4c3CCN2C(=O)O)cn1. The van der Waals surface area contributed by atoms with E-state index in [2.05, 4.69) is 36.9 Å². The van der Waals surface area contributed by atoms with E-state index in [4.69, 9.17) is 0 Å². The number of rotatable bonds is 2. The molecule has 0 saturated carbocycles. The number of thioether (sulfide) groups is 1. The molecule has 0 fully saturated rings. The number of carbonyl (C=O) groups is 1. The predicted octanol–water partition coefficient (Wildman–Crippen LogP) is 4.07. The van der Waals surface area contributed by atoms with Crippen LogP contribution in [-0.2, 0) is 6.42 Å². The molecule has 2 N–H and O–H groups in total. The van der Waals surface area contributed by atoms with E-state index in [1.807, 2.05) is 18.4 Å². The van der Waals surface area contributed by atoms with Crippen LogP contribution in [0.15, 0.2) is 40.2 Å². The molecule has 3 aromatic rings. The van der Waals surface area contributed by atoms with Gasteiger partial charge < -0.3 is 10.1 Å². The van der Waals surface area contributed by atoms with E-state index in [0.717, 1.165) is 32.2 Å². The Balaban J connectivity index is 1.89. The molecule has 1 atom stereocenters. The van der Waals surface area contributed by atoms with Gasteiger partial charge in [-0.3, -0.25) is 4.90 Å². The molecular weight excluding hydrogens is 404 g/mol. The molecule has 0 aliphatic carbocycles. The van der Waals surface area contributed by atoms with Gasteiger partial charge in [-0.1, -0.05) is 27.7 Å². The van der Waals surface area contributed by atoms with E-state index in [1.54, 1.807) is 12.4 Å². The Morgan fingerprint density at radius 1 is 1.40 bits per heavy atom. The van der Waals surface area contributed by atoms with Crippen molar-refractivity contribution in [3.05, 3.63) is 51.9 Å². The zero-order valence-corrected chi connectivity index (χ0v) is 15.8. The number of aromatic amines is 1. The van der Waals surface area contributed by atoms with Gasteiger partial charge in [-0.2, -0.15) is 0 Å². The predicted molar refractivity (Wildman–Crippen MR) is 100 cm³/mol. The van der Waals surface area contributed by atoms with E-state index >= 15 is 0 Å². The molecule has 1 aliphatic heterocycles. The van der Waals surface area contributed by atoms with Crippen LogP contribution in [0, 0.1) is 0 Å². The first-order valence-corrected chi connectivity index (χ1v) is 9.75. The number of nitrogens with zero attached hydrogens (tertiary/aromatic N) is 3. The van der Waals surface area contributed by atoms with Gasteiger partial charge in [-0.25, -0.2) is 14.8 Å². The van der Waals surface area contributed by atoms with Crippen molar-refractivity contribution in [3.8, 4) is 0 Å². The van der Waals surface area contributed by atoms with Crippen LogP contribution in [0.4, 0.5) is 4.79 Å². The molecule has 6 nitrogen and oxygen atoms in total. The monoisotopic (exact) mass is 418 g/mol. The smallest absolute Gasteiger partial charge is 0.408 e. The van der Waals surface area contributed by atoms with E-state index in [0.29, 0.717) is 18.1 Å². The summed E-state index contributed by atoms with van der Waals surface area (Å²) in [6.07, 6.45) is 5.08. The normalized spacial score (nSPS) is 16.9. The molecule has 128 valence electrons. The van der Waals surface area contributed by atoms with Crippen LogP contribution in [0.25, 0.3) is 10.9 Å². The third kappa shape index (κ3) is 2.79. The molecule has 0 spiro atoms. The number of carboxylic acid groups (broad SMARTS) is 1. The lowest BCUT2D eigenvalue weighted by Gasteiger charge is -2.33. The number of halogens is 1. The average Bonchev–Trinajstić information content (AvgIpc) is 2.98. The second-order valence-corrected chi connectivity index (χ2v) is 7.53. The summed E-state index contributed by atoms with van der Waals surface area (Å²) in [5, 5.41) is 11.5. The Kier molecular flexibility index (Phi) is 4.16. The third-order valence-corrected chi connectivity index (χ3v) is 5.55. The Morgan fingerprint density at radius 3 is 2.84 bits per heavy atom. The maximum atomic E-state index is 11.8. The quantitative estimate of drug-likeness (QED) is 0.484. The lowest BCUT2D eigenvalue weighted by molar-refractivity contribution is 0.128. The molecular formula is C17H15BrN4O2S. The maximum Gasteiger partial charge on any atom is 0.408 e. The zero-order valence-electron chi connectivity index (χ0n) is 13.4. The highest BCUT2D eigenvalue weighted by molar-refractivity contribution is 9.10. The topological polar surface area (TPSA) is 82.1 Å². The summed E-state index contributed by atoms with van der Waals surface area (Å²) in [6, 6.07) is 5.63. The van der Waals surface area contributed by atoms with Crippen LogP contribution in [0.2, 0.25) is 0 Å². The van der Waals surface area contributed by atoms with E-state index in [9.17, 15) is 9.90 Å². The lowest BCUT2D eigenvalue weighted by atomic mass is 9.94. The van der Waals surface area contributed by atoms with Crippen LogP contribution >= 0.6 is 27.7 Å². The summed E-state index contributed by atoms with van der Waals surface area (Å²) in [5.74, 6) is 0. The molecule has 1 unspecified atom stereocenters. The van der Waals surface area contributed by atoms with Crippen molar-refractivity contribution in [2.45, 2.75) is 17.6 Å². The summed E-state index contributed by atoms with van der Waals surface area (Å²) in [6.45, 7) is 0.441. The number of nitrogens with one attached hydrogen (secondary N) is 1. The van der Waals surface area contributed by atoms with Gasteiger partial charge in [0.15, 0.2) is 5.16 Å². The van der Waals surface area contributed by atoms with Crippen LogP contribution in [0.5, 0.6) is 0 Å². The molecule has 1 aromatic carbocycles. The Hall–Kier alpha value is -2.06. The minimum atomic E-state index is -0.940. The van der Waals surface area contributed by atoms with Crippen molar-refractivity contribution in [1.82, 2.24) is 19.9 Å². The van der Waals surface area contributed by atoms with Gasteiger partial charge in [0, 0.05) is 45.6 Å². The summed E-state index contributed by atoms with van der Waals surface area (Å²) >= 11 is 4.97. The number of amides is 1.